The van der Waals surface area contributed by atoms with E-state index in [0.717, 1.165) is 14.5 Å². The Morgan fingerprint density at radius 2 is 2.17 bits per heavy atom. The summed E-state index contributed by atoms with van der Waals surface area (Å²) in [6, 6.07) is 5.53. The predicted molar refractivity (Wildman–Crippen MR) is 73.8 cm³/mol. The summed E-state index contributed by atoms with van der Waals surface area (Å²) in [7, 11) is 1.59. The molecule has 2 rings (SSSR count). The lowest BCUT2D eigenvalue weighted by Crippen LogP contribution is -1.98. The minimum Gasteiger partial charge on any atom is -0.377 e. The molecule has 0 aromatic carbocycles. The Morgan fingerprint density at radius 1 is 1.33 bits per heavy atom. The smallest absolute Gasteiger partial charge is 0.156 e. The molecule has 2 aromatic heterocycles. The number of nitrogens with zero attached hydrogens (tertiary/aromatic N) is 3. The zero-order valence-electron chi connectivity index (χ0n) is 9.43. The fourth-order valence-corrected chi connectivity index (χ4v) is 2.50. The molecule has 0 spiro atoms. The molecule has 2 aromatic rings. The first kappa shape index (κ1) is 13.7. The minimum atomic E-state index is 0.335. The van der Waals surface area contributed by atoms with E-state index in [1.54, 1.807) is 19.4 Å². The number of rotatable bonds is 4. The van der Waals surface area contributed by atoms with Gasteiger partial charge in [0.15, 0.2) is 5.82 Å². The summed E-state index contributed by atoms with van der Waals surface area (Å²) in [6.07, 6.45) is 1.74. The molecule has 2 heterocycles. The van der Waals surface area contributed by atoms with Gasteiger partial charge < -0.3 is 4.74 Å². The van der Waals surface area contributed by atoms with Gasteiger partial charge in [0.25, 0.3) is 0 Å². The van der Waals surface area contributed by atoms with E-state index in [1.807, 2.05) is 12.1 Å². The minimum absolute atomic E-state index is 0.335. The molecular weight excluding hydrogens is 338 g/mol. The van der Waals surface area contributed by atoms with Crippen LogP contribution in [-0.2, 0) is 11.3 Å². The lowest BCUT2D eigenvalue weighted by Gasteiger charge is -2.04. The van der Waals surface area contributed by atoms with Gasteiger partial charge in [-0.1, -0.05) is 11.6 Å². The SMILES string of the molecule is COCc1nc(Cl)cc(Sc2ccc(Br)cn2)n1. The highest BCUT2D eigenvalue weighted by Crippen LogP contribution is 2.26. The Balaban J connectivity index is 2.20. The summed E-state index contributed by atoms with van der Waals surface area (Å²) in [5.41, 5.74) is 0. The van der Waals surface area contributed by atoms with Crippen LogP contribution < -0.4 is 0 Å². The summed E-state index contributed by atoms with van der Waals surface area (Å²) < 4.78 is 5.93. The van der Waals surface area contributed by atoms with Crippen molar-refractivity contribution in [2.24, 2.45) is 0 Å². The van der Waals surface area contributed by atoms with Gasteiger partial charge in [-0.25, -0.2) is 15.0 Å². The molecule has 0 amide bonds. The number of ether oxygens (including phenoxy) is 1. The average Bonchev–Trinajstić information content (AvgIpc) is 2.32. The first-order valence-electron chi connectivity index (χ1n) is 4.99. The third-order valence-electron chi connectivity index (χ3n) is 1.90. The van der Waals surface area contributed by atoms with E-state index in [-0.39, 0.29) is 0 Å². The highest BCUT2D eigenvalue weighted by atomic mass is 79.9. The maximum absolute atomic E-state index is 5.93. The van der Waals surface area contributed by atoms with Crippen molar-refractivity contribution in [1.82, 2.24) is 15.0 Å². The number of hydrogen-bond acceptors (Lipinski definition) is 5. The lowest BCUT2D eigenvalue weighted by molar-refractivity contribution is 0.177. The van der Waals surface area contributed by atoms with Gasteiger partial charge in [0.1, 0.15) is 21.8 Å². The van der Waals surface area contributed by atoms with Crippen LogP contribution in [0.3, 0.4) is 0 Å². The van der Waals surface area contributed by atoms with Gasteiger partial charge in [-0.15, -0.1) is 0 Å². The Labute approximate surface area is 122 Å². The molecule has 0 unspecified atom stereocenters. The second kappa shape index (κ2) is 6.47. The molecular formula is C11H9BrClN3OS. The van der Waals surface area contributed by atoms with Gasteiger partial charge in [0, 0.05) is 23.8 Å². The number of methoxy groups -OCH3 is 1. The topological polar surface area (TPSA) is 47.9 Å². The predicted octanol–water partition coefficient (Wildman–Crippen LogP) is 3.59. The van der Waals surface area contributed by atoms with Crippen molar-refractivity contribution >= 4 is 39.3 Å². The van der Waals surface area contributed by atoms with Gasteiger partial charge in [-0.3, -0.25) is 0 Å². The summed E-state index contributed by atoms with van der Waals surface area (Å²) in [6.45, 7) is 0.335. The Bertz CT molecular complexity index is 538. The van der Waals surface area contributed by atoms with Gasteiger partial charge in [-0.05, 0) is 39.8 Å². The quantitative estimate of drug-likeness (QED) is 0.792. The molecule has 18 heavy (non-hydrogen) atoms. The van der Waals surface area contributed by atoms with E-state index >= 15 is 0 Å². The van der Waals surface area contributed by atoms with Gasteiger partial charge in [0.05, 0.1) is 0 Å². The zero-order chi connectivity index (χ0) is 13.0. The van der Waals surface area contributed by atoms with E-state index in [0.29, 0.717) is 17.6 Å². The highest BCUT2D eigenvalue weighted by molar-refractivity contribution is 9.10. The monoisotopic (exact) mass is 345 g/mol. The fourth-order valence-electron chi connectivity index (χ4n) is 1.22. The molecule has 0 aliphatic heterocycles. The maximum Gasteiger partial charge on any atom is 0.156 e. The first-order chi connectivity index (χ1) is 8.67. The van der Waals surface area contributed by atoms with Crippen molar-refractivity contribution in [1.29, 1.82) is 0 Å². The third kappa shape index (κ3) is 3.91. The van der Waals surface area contributed by atoms with E-state index in [2.05, 4.69) is 30.9 Å². The van der Waals surface area contributed by atoms with Crippen LogP contribution in [0.2, 0.25) is 5.15 Å². The average molecular weight is 347 g/mol. The van der Waals surface area contributed by atoms with Crippen molar-refractivity contribution in [3.05, 3.63) is 39.8 Å². The van der Waals surface area contributed by atoms with Crippen molar-refractivity contribution in [3.63, 3.8) is 0 Å². The third-order valence-corrected chi connectivity index (χ3v) is 3.43. The molecule has 0 aliphatic rings. The molecule has 0 radical (unpaired) electrons. The maximum atomic E-state index is 5.93. The lowest BCUT2D eigenvalue weighted by atomic mass is 10.5. The Morgan fingerprint density at radius 3 is 2.83 bits per heavy atom. The molecule has 0 aliphatic carbocycles. The van der Waals surface area contributed by atoms with Crippen molar-refractivity contribution in [2.45, 2.75) is 16.7 Å². The summed E-state index contributed by atoms with van der Waals surface area (Å²) in [5.74, 6) is 0.560. The molecule has 0 fully saturated rings. The molecule has 94 valence electrons. The van der Waals surface area contributed by atoms with Crippen LogP contribution in [0, 0.1) is 0 Å². The highest BCUT2D eigenvalue weighted by Gasteiger charge is 2.06. The van der Waals surface area contributed by atoms with E-state index in [9.17, 15) is 0 Å². The Kier molecular flexibility index (Phi) is 4.94. The molecule has 0 N–H and O–H groups in total. The van der Waals surface area contributed by atoms with Crippen LogP contribution in [0.4, 0.5) is 0 Å². The van der Waals surface area contributed by atoms with E-state index in [4.69, 9.17) is 16.3 Å². The van der Waals surface area contributed by atoms with Crippen molar-refractivity contribution < 1.29 is 4.74 Å². The molecule has 0 saturated heterocycles. The van der Waals surface area contributed by atoms with Crippen molar-refractivity contribution in [3.8, 4) is 0 Å². The van der Waals surface area contributed by atoms with Crippen LogP contribution in [0.15, 0.2) is 38.9 Å². The second-order valence-corrected chi connectivity index (χ2v) is 5.64. The Hall–Kier alpha value is -0.690. The summed E-state index contributed by atoms with van der Waals surface area (Å²) >= 11 is 10.7. The summed E-state index contributed by atoms with van der Waals surface area (Å²) in [5, 5.41) is 1.99. The molecule has 7 heteroatoms. The van der Waals surface area contributed by atoms with Gasteiger partial charge in [-0.2, -0.15) is 0 Å². The zero-order valence-corrected chi connectivity index (χ0v) is 12.6. The van der Waals surface area contributed by atoms with Gasteiger partial charge in [0.2, 0.25) is 0 Å². The molecule has 4 nitrogen and oxygen atoms in total. The van der Waals surface area contributed by atoms with Gasteiger partial charge >= 0.3 is 0 Å². The van der Waals surface area contributed by atoms with Crippen LogP contribution in [0.5, 0.6) is 0 Å². The normalized spacial score (nSPS) is 10.6. The summed E-state index contributed by atoms with van der Waals surface area (Å²) in [4.78, 5) is 12.7. The molecule has 0 atom stereocenters. The number of pyridine rings is 1. The number of halogens is 2. The second-order valence-electron chi connectivity index (χ2n) is 3.29. The van der Waals surface area contributed by atoms with E-state index < -0.39 is 0 Å². The van der Waals surface area contributed by atoms with Crippen molar-refractivity contribution in [2.75, 3.05) is 7.11 Å². The first-order valence-corrected chi connectivity index (χ1v) is 6.98. The van der Waals surface area contributed by atoms with Crippen LogP contribution in [-0.4, -0.2) is 22.1 Å². The fraction of sp³-hybridized carbons (Fsp3) is 0.182. The molecule has 0 saturated carbocycles. The number of hydrogen-bond donors (Lipinski definition) is 0. The standard InChI is InChI=1S/C11H9BrClN3OS/c1-17-6-9-15-8(13)4-11(16-9)18-10-3-2-7(12)5-14-10/h2-5H,6H2,1H3. The van der Waals surface area contributed by atoms with Crippen LogP contribution in [0.1, 0.15) is 5.82 Å². The van der Waals surface area contributed by atoms with Crippen LogP contribution >= 0.6 is 39.3 Å². The van der Waals surface area contributed by atoms with Crippen LogP contribution in [0.25, 0.3) is 0 Å². The molecule has 0 bridgehead atoms. The largest absolute Gasteiger partial charge is 0.377 e. The number of aromatic nitrogens is 3. The van der Waals surface area contributed by atoms with E-state index in [1.165, 1.54) is 11.8 Å².